The van der Waals surface area contributed by atoms with Gasteiger partial charge in [0.15, 0.2) is 0 Å². The first-order chi connectivity index (χ1) is 6.18. The molecule has 13 heavy (non-hydrogen) atoms. The van der Waals surface area contributed by atoms with Gasteiger partial charge in [-0.05, 0) is 25.2 Å². The van der Waals surface area contributed by atoms with Crippen LogP contribution in [0.1, 0.15) is 50.8 Å². The Balaban J connectivity index is 2.24. The lowest BCUT2D eigenvalue weighted by Gasteiger charge is -2.26. The molecule has 3 nitrogen and oxygen atoms in total. The zero-order chi connectivity index (χ0) is 9.42. The van der Waals surface area contributed by atoms with Gasteiger partial charge < -0.3 is 5.73 Å². The first-order valence-corrected chi connectivity index (χ1v) is 5.03. The monoisotopic (exact) mass is 179 g/mol. The van der Waals surface area contributed by atoms with Gasteiger partial charge in [0.05, 0.1) is 11.7 Å². The van der Waals surface area contributed by atoms with E-state index in [1.165, 1.54) is 19.3 Å². The molecule has 1 aliphatic rings. The summed E-state index contributed by atoms with van der Waals surface area (Å²) in [5.74, 6) is 1.30. The molecule has 0 amide bonds. The van der Waals surface area contributed by atoms with Crippen molar-refractivity contribution in [1.82, 2.24) is 9.78 Å². The average Bonchev–Trinajstić information content (AvgIpc) is 2.29. The lowest BCUT2D eigenvalue weighted by atomic mass is 9.93. The zero-order valence-electron chi connectivity index (χ0n) is 8.33. The van der Waals surface area contributed by atoms with E-state index < -0.39 is 0 Å². The van der Waals surface area contributed by atoms with Crippen LogP contribution in [0.2, 0.25) is 0 Å². The molecule has 72 valence electrons. The van der Waals surface area contributed by atoms with E-state index in [0.29, 0.717) is 12.0 Å². The van der Waals surface area contributed by atoms with E-state index in [1.54, 1.807) is 0 Å². The molecule has 1 aliphatic carbocycles. The minimum Gasteiger partial charge on any atom is -0.384 e. The Bertz CT molecular complexity index is 297. The van der Waals surface area contributed by atoms with E-state index in [2.05, 4.69) is 18.9 Å². The van der Waals surface area contributed by atoms with Crippen LogP contribution >= 0.6 is 0 Å². The highest BCUT2D eigenvalue weighted by molar-refractivity contribution is 5.32. The summed E-state index contributed by atoms with van der Waals surface area (Å²) in [6, 6.07) is 2.58. The van der Waals surface area contributed by atoms with Crippen LogP contribution in [0.4, 0.5) is 5.82 Å². The molecule has 0 saturated heterocycles. The van der Waals surface area contributed by atoms with Crippen molar-refractivity contribution in [2.45, 2.75) is 45.1 Å². The minimum atomic E-state index is 0.476. The first-order valence-electron chi connectivity index (χ1n) is 5.03. The van der Waals surface area contributed by atoms with Crippen molar-refractivity contribution in [3.05, 3.63) is 11.8 Å². The molecular formula is C10H17N3. The zero-order valence-corrected chi connectivity index (χ0v) is 8.33. The summed E-state index contributed by atoms with van der Waals surface area (Å²) < 4.78 is 2.00. The Hall–Kier alpha value is -0.990. The average molecular weight is 179 g/mol. The van der Waals surface area contributed by atoms with Crippen LogP contribution < -0.4 is 5.73 Å². The molecule has 1 fully saturated rings. The van der Waals surface area contributed by atoms with E-state index in [-0.39, 0.29) is 0 Å². The first kappa shape index (κ1) is 8.60. The molecule has 1 heterocycles. The van der Waals surface area contributed by atoms with Crippen LogP contribution in [-0.4, -0.2) is 9.78 Å². The van der Waals surface area contributed by atoms with Crippen LogP contribution in [0, 0.1) is 0 Å². The normalized spacial score (nSPS) is 17.8. The molecule has 0 aliphatic heterocycles. The molecule has 1 saturated carbocycles. The number of anilines is 1. The maximum absolute atomic E-state index is 5.89. The summed E-state index contributed by atoms with van der Waals surface area (Å²) in [4.78, 5) is 0. The van der Waals surface area contributed by atoms with Gasteiger partial charge in [0.25, 0.3) is 0 Å². The molecule has 0 atom stereocenters. The van der Waals surface area contributed by atoms with Crippen molar-refractivity contribution in [1.29, 1.82) is 0 Å². The van der Waals surface area contributed by atoms with Crippen molar-refractivity contribution in [2.75, 3.05) is 5.73 Å². The van der Waals surface area contributed by atoms with Crippen molar-refractivity contribution in [2.24, 2.45) is 0 Å². The largest absolute Gasteiger partial charge is 0.384 e. The molecule has 2 rings (SSSR count). The molecule has 0 bridgehead atoms. The summed E-state index contributed by atoms with van der Waals surface area (Å²) in [5, 5.41) is 4.52. The van der Waals surface area contributed by atoms with E-state index in [9.17, 15) is 0 Å². The molecule has 0 radical (unpaired) electrons. The summed E-state index contributed by atoms with van der Waals surface area (Å²) >= 11 is 0. The lowest BCUT2D eigenvalue weighted by Crippen LogP contribution is -2.19. The van der Waals surface area contributed by atoms with E-state index in [4.69, 9.17) is 5.73 Å². The van der Waals surface area contributed by atoms with Gasteiger partial charge in [0, 0.05) is 6.07 Å². The van der Waals surface area contributed by atoms with Gasteiger partial charge >= 0.3 is 0 Å². The van der Waals surface area contributed by atoms with Crippen LogP contribution in [0.25, 0.3) is 0 Å². The second-order valence-corrected chi connectivity index (χ2v) is 4.18. The number of rotatable bonds is 2. The topological polar surface area (TPSA) is 43.8 Å². The maximum Gasteiger partial charge on any atom is 0.122 e. The minimum absolute atomic E-state index is 0.476. The molecule has 0 aromatic carbocycles. The number of nitrogens with two attached hydrogens (primary N) is 1. The van der Waals surface area contributed by atoms with Crippen molar-refractivity contribution in [3.8, 4) is 0 Å². The Kier molecular flexibility index (Phi) is 2.02. The SMILES string of the molecule is CC(C)c1cc(N)n(C2CCC2)n1. The highest BCUT2D eigenvalue weighted by Gasteiger charge is 2.22. The Morgan fingerprint density at radius 1 is 1.54 bits per heavy atom. The number of hydrogen-bond acceptors (Lipinski definition) is 2. The fraction of sp³-hybridized carbons (Fsp3) is 0.700. The third-order valence-electron chi connectivity index (χ3n) is 2.80. The van der Waals surface area contributed by atoms with Crippen molar-refractivity contribution in [3.63, 3.8) is 0 Å². The number of nitrogen functional groups attached to an aromatic ring is 1. The Labute approximate surface area is 78.9 Å². The summed E-state index contributed by atoms with van der Waals surface area (Å²) in [6.07, 6.45) is 3.80. The van der Waals surface area contributed by atoms with Crippen molar-refractivity contribution < 1.29 is 0 Å². The summed E-state index contributed by atoms with van der Waals surface area (Å²) in [5.41, 5.74) is 7.01. The molecule has 1 aromatic heterocycles. The predicted octanol–water partition coefficient (Wildman–Crippen LogP) is 2.31. The third kappa shape index (κ3) is 1.43. The Morgan fingerprint density at radius 2 is 2.23 bits per heavy atom. The van der Waals surface area contributed by atoms with Crippen LogP contribution in [0.15, 0.2) is 6.07 Å². The van der Waals surface area contributed by atoms with E-state index in [0.717, 1.165) is 11.5 Å². The van der Waals surface area contributed by atoms with Gasteiger partial charge in [-0.1, -0.05) is 13.8 Å². The second kappa shape index (κ2) is 3.05. The molecule has 0 unspecified atom stereocenters. The number of hydrogen-bond donors (Lipinski definition) is 1. The van der Waals surface area contributed by atoms with Crippen molar-refractivity contribution >= 4 is 5.82 Å². The molecule has 2 N–H and O–H groups in total. The fourth-order valence-electron chi connectivity index (χ4n) is 1.63. The van der Waals surface area contributed by atoms with Gasteiger partial charge in [-0.25, -0.2) is 4.68 Å². The number of aromatic nitrogens is 2. The van der Waals surface area contributed by atoms with Crippen LogP contribution in [0.5, 0.6) is 0 Å². The quantitative estimate of drug-likeness (QED) is 0.757. The number of nitrogens with zero attached hydrogens (tertiary/aromatic N) is 2. The summed E-state index contributed by atoms with van der Waals surface area (Å²) in [6.45, 7) is 4.29. The van der Waals surface area contributed by atoms with Gasteiger partial charge in [0.1, 0.15) is 5.82 Å². The van der Waals surface area contributed by atoms with Gasteiger partial charge in [-0.15, -0.1) is 0 Å². The van der Waals surface area contributed by atoms with Gasteiger partial charge in [-0.2, -0.15) is 5.10 Å². The van der Waals surface area contributed by atoms with E-state index in [1.807, 2.05) is 10.7 Å². The molecule has 1 aromatic rings. The second-order valence-electron chi connectivity index (χ2n) is 4.18. The molecule has 3 heteroatoms. The van der Waals surface area contributed by atoms with Crippen LogP contribution in [0.3, 0.4) is 0 Å². The highest BCUT2D eigenvalue weighted by atomic mass is 15.3. The molecule has 0 spiro atoms. The van der Waals surface area contributed by atoms with Gasteiger partial charge in [0.2, 0.25) is 0 Å². The third-order valence-corrected chi connectivity index (χ3v) is 2.80. The standard InChI is InChI=1S/C10H17N3/c1-7(2)9-6-10(11)13(12-9)8-4-3-5-8/h6-8H,3-5,11H2,1-2H3. The molecular weight excluding hydrogens is 162 g/mol. The van der Waals surface area contributed by atoms with E-state index >= 15 is 0 Å². The smallest absolute Gasteiger partial charge is 0.122 e. The summed E-state index contributed by atoms with van der Waals surface area (Å²) in [7, 11) is 0. The predicted molar refractivity (Wildman–Crippen MR) is 53.6 cm³/mol. The highest BCUT2D eigenvalue weighted by Crippen LogP contribution is 2.33. The van der Waals surface area contributed by atoms with Gasteiger partial charge in [-0.3, -0.25) is 0 Å². The Morgan fingerprint density at radius 3 is 2.62 bits per heavy atom. The van der Waals surface area contributed by atoms with Crippen LogP contribution in [-0.2, 0) is 0 Å². The lowest BCUT2D eigenvalue weighted by molar-refractivity contribution is 0.291. The fourth-order valence-corrected chi connectivity index (χ4v) is 1.63. The maximum atomic E-state index is 5.89.